The molecule has 0 saturated carbocycles. The van der Waals surface area contributed by atoms with E-state index in [4.69, 9.17) is 4.74 Å². The van der Waals surface area contributed by atoms with E-state index in [1.807, 2.05) is 25.1 Å². The molecule has 0 spiro atoms. The molecule has 5 heteroatoms. The predicted molar refractivity (Wildman–Crippen MR) is 77.4 cm³/mol. The van der Waals surface area contributed by atoms with Gasteiger partial charge in [-0.2, -0.15) is 0 Å². The van der Waals surface area contributed by atoms with Crippen molar-refractivity contribution in [2.75, 3.05) is 23.8 Å². The van der Waals surface area contributed by atoms with Crippen molar-refractivity contribution in [3.05, 3.63) is 23.8 Å². The van der Waals surface area contributed by atoms with Crippen LogP contribution in [0.3, 0.4) is 0 Å². The van der Waals surface area contributed by atoms with Crippen LogP contribution in [-0.4, -0.2) is 24.4 Å². The van der Waals surface area contributed by atoms with Gasteiger partial charge in [-0.05, 0) is 25.1 Å². The van der Waals surface area contributed by atoms with Crippen LogP contribution in [0.4, 0.5) is 5.69 Å². The van der Waals surface area contributed by atoms with Gasteiger partial charge in [-0.25, -0.2) is 0 Å². The SMILES string of the molecule is CCOc1ccc(NC(C)=O)cc1CNCCBr. The first-order valence-corrected chi connectivity index (χ1v) is 7.09. The third-order valence-electron chi connectivity index (χ3n) is 2.27. The van der Waals surface area contributed by atoms with Crippen LogP contribution in [0, 0.1) is 0 Å². The molecule has 0 bridgehead atoms. The summed E-state index contributed by atoms with van der Waals surface area (Å²) in [5, 5.41) is 6.97. The van der Waals surface area contributed by atoms with Crippen molar-refractivity contribution < 1.29 is 9.53 Å². The topological polar surface area (TPSA) is 50.4 Å². The van der Waals surface area contributed by atoms with Crippen molar-refractivity contribution >= 4 is 27.5 Å². The Morgan fingerprint density at radius 1 is 1.44 bits per heavy atom. The highest BCUT2D eigenvalue weighted by Crippen LogP contribution is 2.23. The number of rotatable bonds is 7. The average Bonchev–Trinajstić information content (AvgIpc) is 2.32. The molecule has 1 rings (SSSR count). The first kappa shape index (κ1) is 15.0. The van der Waals surface area contributed by atoms with Gasteiger partial charge in [0.05, 0.1) is 6.61 Å². The Labute approximate surface area is 116 Å². The standard InChI is InChI=1S/C13H19BrN2O2/c1-3-18-13-5-4-12(16-10(2)17)8-11(13)9-15-7-6-14/h4-5,8,15H,3,6-7,9H2,1-2H3,(H,16,17). The molecule has 0 unspecified atom stereocenters. The lowest BCUT2D eigenvalue weighted by molar-refractivity contribution is -0.114. The zero-order chi connectivity index (χ0) is 13.4. The van der Waals surface area contributed by atoms with Crippen LogP contribution in [0.25, 0.3) is 0 Å². The quantitative estimate of drug-likeness (QED) is 0.600. The molecule has 0 radical (unpaired) electrons. The summed E-state index contributed by atoms with van der Waals surface area (Å²) in [4.78, 5) is 11.0. The van der Waals surface area contributed by atoms with Crippen LogP contribution in [0.2, 0.25) is 0 Å². The van der Waals surface area contributed by atoms with Gasteiger partial charge < -0.3 is 15.4 Å². The van der Waals surface area contributed by atoms with Gasteiger partial charge in [0.1, 0.15) is 5.75 Å². The number of nitrogens with one attached hydrogen (secondary N) is 2. The van der Waals surface area contributed by atoms with Crippen molar-refractivity contribution in [1.29, 1.82) is 0 Å². The lowest BCUT2D eigenvalue weighted by Crippen LogP contribution is -2.16. The lowest BCUT2D eigenvalue weighted by Gasteiger charge is -2.13. The maximum absolute atomic E-state index is 11.0. The molecular formula is C13H19BrN2O2. The second kappa shape index (κ2) is 8.11. The summed E-state index contributed by atoms with van der Waals surface area (Å²) in [5.41, 5.74) is 1.84. The van der Waals surface area contributed by atoms with Crippen LogP contribution in [0.5, 0.6) is 5.75 Å². The van der Waals surface area contributed by atoms with Gasteiger partial charge in [0.2, 0.25) is 5.91 Å². The highest BCUT2D eigenvalue weighted by molar-refractivity contribution is 9.09. The molecule has 18 heavy (non-hydrogen) atoms. The van der Waals surface area contributed by atoms with Gasteiger partial charge in [0, 0.05) is 36.6 Å². The summed E-state index contributed by atoms with van der Waals surface area (Å²) >= 11 is 3.37. The number of carbonyl (C=O) groups is 1. The van der Waals surface area contributed by atoms with Gasteiger partial charge in [-0.15, -0.1) is 0 Å². The van der Waals surface area contributed by atoms with Gasteiger partial charge in [0.15, 0.2) is 0 Å². The molecular weight excluding hydrogens is 296 g/mol. The van der Waals surface area contributed by atoms with E-state index in [2.05, 4.69) is 26.6 Å². The minimum absolute atomic E-state index is 0.0708. The normalized spacial score (nSPS) is 10.2. The second-order valence-electron chi connectivity index (χ2n) is 3.80. The van der Waals surface area contributed by atoms with Crippen molar-refractivity contribution in [2.24, 2.45) is 0 Å². The van der Waals surface area contributed by atoms with E-state index in [1.165, 1.54) is 6.92 Å². The van der Waals surface area contributed by atoms with Gasteiger partial charge in [-0.3, -0.25) is 4.79 Å². The number of hydrogen-bond acceptors (Lipinski definition) is 3. The van der Waals surface area contributed by atoms with E-state index in [-0.39, 0.29) is 5.91 Å². The molecule has 0 aliphatic carbocycles. The zero-order valence-electron chi connectivity index (χ0n) is 10.8. The van der Waals surface area contributed by atoms with E-state index in [9.17, 15) is 4.79 Å². The molecule has 1 aromatic rings. The molecule has 0 aliphatic heterocycles. The Bertz CT molecular complexity index is 397. The molecule has 1 amide bonds. The molecule has 0 aliphatic rings. The van der Waals surface area contributed by atoms with E-state index < -0.39 is 0 Å². The van der Waals surface area contributed by atoms with Gasteiger partial charge in [0.25, 0.3) is 0 Å². The fraction of sp³-hybridized carbons (Fsp3) is 0.462. The monoisotopic (exact) mass is 314 g/mol. The Morgan fingerprint density at radius 2 is 2.22 bits per heavy atom. The Hall–Kier alpha value is -1.07. The molecule has 1 aromatic carbocycles. The summed E-state index contributed by atoms with van der Waals surface area (Å²) < 4.78 is 5.56. The second-order valence-corrected chi connectivity index (χ2v) is 4.60. The van der Waals surface area contributed by atoms with Crippen LogP contribution in [0.1, 0.15) is 19.4 Å². The fourth-order valence-corrected chi connectivity index (χ4v) is 1.87. The molecule has 4 nitrogen and oxygen atoms in total. The minimum atomic E-state index is -0.0708. The maximum atomic E-state index is 11.0. The molecule has 0 saturated heterocycles. The third-order valence-corrected chi connectivity index (χ3v) is 2.66. The van der Waals surface area contributed by atoms with Crippen molar-refractivity contribution in [1.82, 2.24) is 5.32 Å². The van der Waals surface area contributed by atoms with Crippen LogP contribution in [0.15, 0.2) is 18.2 Å². The van der Waals surface area contributed by atoms with Crippen molar-refractivity contribution in [2.45, 2.75) is 20.4 Å². The van der Waals surface area contributed by atoms with E-state index in [0.717, 1.165) is 28.9 Å². The summed E-state index contributed by atoms with van der Waals surface area (Å²) in [6.07, 6.45) is 0. The molecule has 0 fully saturated rings. The number of alkyl halides is 1. The highest BCUT2D eigenvalue weighted by atomic mass is 79.9. The summed E-state index contributed by atoms with van der Waals surface area (Å²) in [6.45, 7) is 5.69. The smallest absolute Gasteiger partial charge is 0.221 e. The molecule has 0 atom stereocenters. The number of benzene rings is 1. The fourth-order valence-electron chi connectivity index (χ4n) is 1.58. The Kier molecular flexibility index (Phi) is 6.75. The summed E-state index contributed by atoms with van der Waals surface area (Å²) in [6, 6.07) is 5.67. The molecule has 100 valence electrons. The maximum Gasteiger partial charge on any atom is 0.221 e. The summed E-state index contributed by atoms with van der Waals surface area (Å²) in [7, 11) is 0. The van der Waals surface area contributed by atoms with Crippen LogP contribution < -0.4 is 15.4 Å². The number of halogens is 1. The average molecular weight is 315 g/mol. The van der Waals surface area contributed by atoms with Crippen LogP contribution >= 0.6 is 15.9 Å². The summed E-state index contributed by atoms with van der Waals surface area (Å²) in [5.74, 6) is 0.784. The number of ether oxygens (including phenoxy) is 1. The Balaban J connectivity index is 2.81. The Morgan fingerprint density at radius 3 is 2.83 bits per heavy atom. The van der Waals surface area contributed by atoms with Crippen molar-refractivity contribution in [3.8, 4) is 5.75 Å². The van der Waals surface area contributed by atoms with Gasteiger partial charge in [-0.1, -0.05) is 15.9 Å². The zero-order valence-corrected chi connectivity index (χ0v) is 12.3. The number of hydrogen-bond donors (Lipinski definition) is 2. The lowest BCUT2D eigenvalue weighted by atomic mass is 10.1. The predicted octanol–water partition coefficient (Wildman–Crippen LogP) is 2.53. The number of amides is 1. The molecule has 0 heterocycles. The highest BCUT2D eigenvalue weighted by Gasteiger charge is 2.05. The number of anilines is 1. The van der Waals surface area contributed by atoms with E-state index in [0.29, 0.717) is 13.2 Å². The van der Waals surface area contributed by atoms with Crippen molar-refractivity contribution in [3.63, 3.8) is 0 Å². The van der Waals surface area contributed by atoms with E-state index >= 15 is 0 Å². The largest absolute Gasteiger partial charge is 0.494 e. The first-order valence-electron chi connectivity index (χ1n) is 5.97. The number of carbonyl (C=O) groups excluding carboxylic acids is 1. The molecule has 2 N–H and O–H groups in total. The first-order chi connectivity index (χ1) is 8.67. The van der Waals surface area contributed by atoms with Gasteiger partial charge >= 0.3 is 0 Å². The third kappa shape index (κ3) is 5.06. The van der Waals surface area contributed by atoms with Crippen LogP contribution in [-0.2, 0) is 11.3 Å². The molecule has 0 aromatic heterocycles. The minimum Gasteiger partial charge on any atom is -0.494 e. The van der Waals surface area contributed by atoms with E-state index in [1.54, 1.807) is 0 Å².